The summed E-state index contributed by atoms with van der Waals surface area (Å²) in [6.07, 6.45) is 1.88. The molecule has 0 atom stereocenters. The summed E-state index contributed by atoms with van der Waals surface area (Å²) in [5, 5.41) is 9.04. The van der Waals surface area contributed by atoms with Gasteiger partial charge in [-0.15, -0.1) is 48.1 Å². The summed E-state index contributed by atoms with van der Waals surface area (Å²) in [4.78, 5) is 9.63. The van der Waals surface area contributed by atoms with Crippen molar-refractivity contribution in [2.45, 2.75) is 0 Å². The molecule has 1 aliphatic rings. The number of aromatic nitrogens is 2. The molecule has 316 valence electrons. The van der Waals surface area contributed by atoms with Gasteiger partial charge in [0.25, 0.3) is 0 Å². The molecule has 0 spiro atoms. The van der Waals surface area contributed by atoms with Gasteiger partial charge in [-0.05, 0) is 62.3 Å². The SMILES string of the molecule is [Pt].[c-]1c(Oc2[c-]c3c(cc2)c2cccc4c5ccccc5c5ccccc5c5cccnc5n3c42)cccc1N1[CH-]N(c2c(-c3ccccc3)cccc2-c2ccccc2)c2ccccc21. The Hall–Kier alpha value is -7.98. The summed E-state index contributed by atoms with van der Waals surface area (Å²) < 4.78 is 9.05. The van der Waals surface area contributed by atoms with Crippen LogP contribution in [0, 0.1) is 18.8 Å². The molecule has 0 bridgehead atoms. The Morgan fingerprint density at radius 2 is 0.924 bits per heavy atom. The molecule has 0 saturated carbocycles. The molecule has 0 fully saturated rings. The summed E-state index contributed by atoms with van der Waals surface area (Å²) in [6.45, 7) is 2.18. The van der Waals surface area contributed by atoms with Gasteiger partial charge in [-0.1, -0.05) is 163 Å². The molecule has 1 aliphatic heterocycles. The third-order valence-electron chi connectivity index (χ3n) is 12.7. The molecule has 12 aromatic rings. The Labute approximate surface area is 396 Å². The van der Waals surface area contributed by atoms with Crippen molar-refractivity contribution >= 4 is 82.5 Å². The van der Waals surface area contributed by atoms with Crippen LogP contribution in [0.4, 0.5) is 22.7 Å². The maximum Gasteiger partial charge on any atom is 0.143 e. The Kier molecular flexibility index (Phi) is 9.73. The van der Waals surface area contributed by atoms with Gasteiger partial charge in [0.1, 0.15) is 5.65 Å². The molecule has 0 unspecified atom stereocenters. The van der Waals surface area contributed by atoms with Crippen molar-refractivity contribution < 1.29 is 25.8 Å². The molecule has 0 radical (unpaired) electrons. The van der Waals surface area contributed by atoms with Crippen LogP contribution in [0.5, 0.6) is 11.5 Å². The average Bonchev–Trinajstić information content (AvgIpc) is 3.93. The average molecular weight is 1030 g/mol. The van der Waals surface area contributed by atoms with Crippen molar-refractivity contribution in [3.63, 3.8) is 0 Å². The molecule has 9 aromatic carbocycles. The monoisotopic (exact) mass is 1020 g/mol. The van der Waals surface area contributed by atoms with Crippen molar-refractivity contribution in [2.24, 2.45) is 0 Å². The molecule has 4 heterocycles. The van der Waals surface area contributed by atoms with E-state index in [1.165, 1.54) is 16.2 Å². The van der Waals surface area contributed by atoms with Crippen molar-refractivity contribution in [1.29, 1.82) is 0 Å². The molecule has 0 N–H and O–H groups in total. The maximum absolute atomic E-state index is 6.77. The molecule has 0 aliphatic carbocycles. The van der Waals surface area contributed by atoms with Crippen LogP contribution >= 0.6 is 0 Å². The number of ether oxygens (including phenoxy) is 1. The standard InChI is InChI=1S/C60H37N4O.Pt/c1-3-17-40(18-4-1)45-27-14-28-46(41-19-5-2-6-20-41)58(45)63-39-62(55-32-11-12-33-56(55)63)42-21-13-22-43(37-42)65-44-34-35-51-53-30-15-29-52-49-25-9-7-23-47(49)48-24-8-10-26-50(48)54-31-16-36-61-60(54)64(59(52)53)57(51)38-44;/h1-36,39H;/q-3;. The minimum absolute atomic E-state index is 0. The van der Waals surface area contributed by atoms with Gasteiger partial charge in [0.15, 0.2) is 0 Å². The van der Waals surface area contributed by atoms with E-state index in [2.05, 4.69) is 221 Å². The van der Waals surface area contributed by atoms with Gasteiger partial charge >= 0.3 is 0 Å². The van der Waals surface area contributed by atoms with E-state index in [0.29, 0.717) is 11.5 Å². The molecule has 0 amide bonds. The molecule has 13 rings (SSSR count). The number of pyridine rings is 1. The minimum atomic E-state index is 0. The first kappa shape index (κ1) is 39.6. The number of rotatable bonds is 6. The van der Waals surface area contributed by atoms with Gasteiger partial charge in [0.05, 0.1) is 0 Å². The molecule has 3 aromatic heterocycles. The topological polar surface area (TPSA) is 33.0 Å². The van der Waals surface area contributed by atoms with E-state index >= 15 is 0 Å². The van der Waals surface area contributed by atoms with Crippen LogP contribution in [-0.2, 0) is 21.1 Å². The van der Waals surface area contributed by atoms with Crippen LogP contribution in [-0.4, -0.2) is 9.38 Å². The van der Waals surface area contributed by atoms with Gasteiger partial charge in [0.2, 0.25) is 0 Å². The van der Waals surface area contributed by atoms with Crippen molar-refractivity contribution in [3.05, 3.63) is 237 Å². The first-order chi connectivity index (χ1) is 32.3. The second-order valence-electron chi connectivity index (χ2n) is 16.4. The second kappa shape index (κ2) is 16.2. The first-order valence-electron chi connectivity index (χ1n) is 21.9. The number of hydrogen-bond donors (Lipinski definition) is 0. The number of fused-ring (bicyclic) bond motifs is 11. The van der Waals surface area contributed by atoms with Crippen molar-refractivity contribution in [2.75, 3.05) is 9.80 Å². The Balaban J connectivity index is 0.00000456. The van der Waals surface area contributed by atoms with Crippen LogP contribution in [0.15, 0.2) is 219 Å². The van der Waals surface area contributed by atoms with E-state index in [1.807, 2.05) is 30.5 Å². The third-order valence-corrected chi connectivity index (χ3v) is 12.7. The fourth-order valence-corrected chi connectivity index (χ4v) is 9.89. The number of benzene rings is 9. The summed E-state index contributed by atoms with van der Waals surface area (Å²) >= 11 is 0. The van der Waals surface area contributed by atoms with Crippen LogP contribution in [0.2, 0.25) is 0 Å². The van der Waals surface area contributed by atoms with Gasteiger partial charge in [0, 0.05) is 83.2 Å². The largest absolute Gasteiger partial charge is 0.509 e. The molecule has 0 saturated heterocycles. The molecular formula is C60H37N4OPt-3. The number of anilines is 4. The van der Waals surface area contributed by atoms with Gasteiger partial charge in [-0.25, -0.2) is 4.98 Å². The fraction of sp³-hybridized carbons (Fsp3) is 0. The fourth-order valence-electron chi connectivity index (χ4n) is 9.89. The molecule has 5 nitrogen and oxygen atoms in total. The smallest absolute Gasteiger partial charge is 0.143 e. The first-order valence-corrected chi connectivity index (χ1v) is 21.9. The summed E-state index contributed by atoms with van der Waals surface area (Å²) in [7, 11) is 0. The minimum Gasteiger partial charge on any atom is -0.509 e. The zero-order chi connectivity index (χ0) is 42.8. The van der Waals surface area contributed by atoms with Crippen LogP contribution in [0.3, 0.4) is 0 Å². The van der Waals surface area contributed by atoms with Crippen LogP contribution in [0.1, 0.15) is 0 Å². The van der Waals surface area contributed by atoms with Crippen LogP contribution < -0.4 is 14.5 Å². The third kappa shape index (κ3) is 6.38. The molecule has 6 heteroatoms. The predicted octanol–water partition coefficient (Wildman–Crippen LogP) is 15.8. The molecular weight excluding hydrogens is 988 g/mol. The van der Waals surface area contributed by atoms with E-state index in [-0.39, 0.29) is 21.1 Å². The Morgan fingerprint density at radius 1 is 0.409 bits per heavy atom. The normalized spacial score (nSPS) is 12.3. The van der Waals surface area contributed by atoms with Crippen LogP contribution in [0.25, 0.3) is 82.0 Å². The zero-order valence-corrected chi connectivity index (χ0v) is 37.6. The van der Waals surface area contributed by atoms with E-state index in [9.17, 15) is 0 Å². The number of nitrogens with zero attached hydrogens (tertiary/aromatic N) is 4. The summed E-state index contributed by atoms with van der Waals surface area (Å²) in [5.74, 6) is 1.17. The van der Waals surface area contributed by atoms with E-state index in [1.54, 1.807) is 0 Å². The summed E-state index contributed by atoms with van der Waals surface area (Å²) in [5.41, 5.74) is 11.5. The quantitative estimate of drug-likeness (QED) is 0.155. The van der Waals surface area contributed by atoms with Gasteiger partial charge < -0.3 is 18.9 Å². The van der Waals surface area contributed by atoms with E-state index in [4.69, 9.17) is 9.72 Å². The number of para-hydroxylation sites is 4. The Bertz CT molecular complexity index is 3810. The molecule has 66 heavy (non-hydrogen) atoms. The summed E-state index contributed by atoms with van der Waals surface area (Å²) in [6, 6.07) is 82.1. The van der Waals surface area contributed by atoms with E-state index in [0.717, 1.165) is 88.6 Å². The van der Waals surface area contributed by atoms with E-state index < -0.39 is 0 Å². The Morgan fingerprint density at radius 3 is 1.61 bits per heavy atom. The van der Waals surface area contributed by atoms with Crippen molar-refractivity contribution in [3.8, 4) is 33.8 Å². The van der Waals surface area contributed by atoms with Gasteiger partial charge in [-0.3, -0.25) is 0 Å². The zero-order valence-electron chi connectivity index (χ0n) is 35.4. The van der Waals surface area contributed by atoms with Gasteiger partial charge in [-0.2, -0.15) is 12.1 Å². The second-order valence-corrected chi connectivity index (χ2v) is 16.4. The predicted molar refractivity (Wildman–Crippen MR) is 268 cm³/mol. The maximum atomic E-state index is 6.77. The van der Waals surface area contributed by atoms with Crippen molar-refractivity contribution in [1.82, 2.24) is 9.38 Å². The number of hydrogen-bond acceptors (Lipinski definition) is 4.